The first-order chi connectivity index (χ1) is 9.60. The fourth-order valence-corrected chi connectivity index (χ4v) is 3.24. The van der Waals surface area contributed by atoms with Crippen molar-refractivity contribution in [1.82, 2.24) is 0 Å². The summed E-state index contributed by atoms with van der Waals surface area (Å²) in [5, 5.41) is 3.25. The van der Waals surface area contributed by atoms with Crippen LogP contribution < -0.4 is 10.1 Å². The van der Waals surface area contributed by atoms with Crippen molar-refractivity contribution in [2.75, 3.05) is 11.9 Å². The van der Waals surface area contributed by atoms with Crippen molar-refractivity contribution >= 4 is 37.5 Å². The van der Waals surface area contributed by atoms with Gasteiger partial charge in [0.1, 0.15) is 11.6 Å². The fourth-order valence-electron chi connectivity index (χ4n) is 1.82. The van der Waals surface area contributed by atoms with Gasteiger partial charge in [0.15, 0.2) is 0 Å². The predicted molar refractivity (Wildman–Crippen MR) is 86.7 cm³/mol. The number of hydrogen-bond acceptors (Lipinski definition) is 2. The van der Waals surface area contributed by atoms with E-state index >= 15 is 0 Å². The van der Waals surface area contributed by atoms with Crippen LogP contribution in [0.25, 0.3) is 0 Å². The summed E-state index contributed by atoms with van der Waals surface area (Å²) < 4.78 is 20.4. The molecule has 0 spiro atoms. The highest BCUT2D eigenvalue weighted by Gasteiger charge is 2.10. The van der Waals surface area contributed by atoms with Gasteiger partial charge in [-0.05, 0) is 59.3 Å². The number of halogens is 3. The normalized spacial score (nSPS) is 10.4. The van der Waals surface area contributed by atoms with E-state index in [-0.39, 0.29) is 5.82 Å². The number of rotatable bonds is 5. The van der Waals surface area contributed by atoms with Crippen LogP contribution >= 0.6 is 31.9 Å². The summed E-state index contributed by atoms with van der Waals surface area (Å²) in [7, 11) is 0. The molecule has 0 aliphatic carbocycles. The zero-order valence-electron chi connectivity index (χ0n) is 10.9. The highest BCUT2D eigenvalue weighted by Crippen LogP contribution is 2.33. The van der Waals surface area contributed by atoms with Crippen molar-refractivity contribution in [2.45, 2.75) is 13.5 Å². The van der Waals surface area contributed by atoms with Crippen LogP contribution in [0.5, 0.6) is 5.75 Å². The van der Waals surface area contributed by atoms with E-state index in [1.165, 1.54) is 12.1 Å². The second kappa shape index (κ2) is 7.09. The average molecular weight is 403 g/mol. The molecular formula is C15H14Br2FNO. The number of nitrogens with one attached hydrogen (secondary N) is 1. The van der Waals surface area contributed by atoms with Crippen LogP contribution in [0.3, 0.4) is 0 Å². The van der Waals surface area contributed by atoms with Crippen LogP contribution in [0.1, 0.15) is 12.5 Å². The van der Waals surface area contributed by atoms with Gasteiger partial charge in [-0.15, -0.1) is 0 Å². The molecule has 20 heavy (non-hydrogen) atoms. The van der Waals surface area contributed by atoms with Crippen molar-refractivity contribution in [2.24, 2.45) is 0 Å². The second-order valence-electron chi connectivity index (χ2n) is 4.17. The molecule has 0 unspecified atom stereocenters. The zero-order valence-corrected chi connectivity index (χ0v) is 14.1. The largest absolute Gasteiger partial charge is 0.492 e. The van der Waals surface area contributed by atoms with Crippen molar-refractivity contribution in [1.29, 1.82) is 0 Å². The Bertz CT molecular complexity index is 587. The Hall–Kier alpha value is -1.07. The molecular weight excluding hydrogens is 389 g/mol. The van der Waals surface area contributed by atoms with Crippen LogP contribution in [-0.2, 0) is 6.54 Å². The van der Waals surface area contributed by atoms with Gasteiger partial charge in [0.25, 0.3) is 0 Å². The standard InChI is InChI=1S/C15H14Br2FNO/c1-2-20-15-10(7-11(16)8-14(15)17)9-19-13-5-3-12(18)4-6-13/h3-8,19H,2,9H2,1H3. The minimum atomic E-state index is -0.240. The first-order valence-electron chi connectivity index (χ1n) is 6.20. The van der Waals surface area contributed by atoms with Gasteiger partial charge in [-0.2, -0.15) is 0 Å². The number of hydrogen-bond donors (Lipinski definition) is 1. The summed E-state index contributed by atoms with van der Waals surface area (Å²) in [5.41, 5.74) is 1.89. The molecule has 0 aromatic heterocycles. The summed E-state index contributed by atoms with van der Waals surface area (Å²) in [4.78, 5) is 0. The van der Waals surface area contributed by atoms with Crippen LogP contribution in [0.15, 0.2) is 45.3 Å². The van der Waals surface area contributed by atoms with E-state index in [9.17, 15) is 4.39 Å². The van der Waals surface area contributed by atoms with E-state index in [2.05, 4.69) is 37.2 Å². The molecule has 2 nitrogen and oxygen atoms in total. The van der Waals surface area contributed by atoms with Gasteiger partial charge in [-0.1, -0.05) is 15.9 Å². The van der Waals surface area contributed by atoms with Gasteiger partial charge in [0.05, 0.1) is 11.1 Å². The lowest BCUT2D eigenvalue weighted by atomic mass is 10.2. The minimum absolute atomic E-state index is 0.240. The van der Waals surface area contributed by atoms with E-state index in [0.717, 1.165) is 25.9 Å². The van der Waals surface area contributed by atoms with Crippen LogP contribution in [0.4, 0.5) is 10.1 Å². The molecule has 0 amide bonds. The Labute approximate surface area is 134 Å². The third-order valence-corrected chi connectivity index (χ3v) is 3.75. The van der Waals surface area contributed by atoms with E-state index in [4.69, 9.17) is 4.74 Å². The molecule has 0 aliphatic rings. The quantitative estimate of drug-likeness (QED) is 0.726. The molecule has 0 saturated carbocycles. The van der Waals surface area contributed by atoms with E-state index < -0.39 is 0 Å². The van der Waals surface area contributed by atoms with Crippen molar-refractivity contribution in [3.05, 3.63) is 56.7 Å². The number of anilines is 1. The maximum absolute atomic E-state index is 12.9. The SMILES string of the molecule is CCOc1c(Br)cc(Br)cc1CNc1ccc(F)cc1. The Morgan fingerprint density at radius 1 is 1.15 bits per heavy atom. The molecule has 1 N–H and O–H groups in total. The summed E-state index contributed by atoms with van der Waals surface area (Å²) >= 11 is 6.97. The zero-order chi connectivity index (χ0) is 14.5. The summed E-state index contributed by atoms with van der Waals surface area (Å²) in [5.74, 6) is 0.584. The van der Waals surface area contributed by atoms with Crippen molar-refractivity contribution < 1.29 is 9.13 Å². The lowest BCUT2D eigenvalue weighted by Crippen LogP contribution is -2.04. The molecule has 0 saturated heterocycles. The van der Waals surface area contributed by atoms with Gasteiger partial charge in [-0.25, -0.2) is 4.39 Å². The lowest BCUT2D eigenvalue weighted by molar-refractivity contribution is 0.334. The average Bonchev–Trinajstić information content (AvgIpc) is 2.41. The number of ether oxygens (including phenoxy) is 1. The monoisotopic (exact) mass is 401 g/mol. The first kappa shape index (κ1) is 15.3. The number of benzene rings is 2. The smallest absolute Gasteiger partial charge is 0.138 e. The van der Waals surface area contributed by atoms with Crippen LogP contribution in [0.2, 0.25) is 0 Å². The van der Waals surface area contributed by atoms with Gasteiger partial charge in [-0.3, -0.25) is 0 Å². The van der Waals surface area contributed by atoms with Crippen LogP contribution in [0, 0.1) is 5.82 Å². The predicted octanol–water partition coefficient (Wildman–Crippen LogP) is 5.36. The molecule has 5 heteroatoms. The molecule has 0 aliphatic heterocycles. The second-order valence-corrected chi connectivity index (χ2v) is 5.94. The topological polar surface area (TPSA) is 21.3 Å². The van der Waals surface area contributed by atoms with Crippen LogP contribution in [-0.4, -0.2) is 6.61 Å². The third-order valence-electron chi connectivity index (χ3n) is 2.70. The van der Waals surface area contributed by atoms with E-state index in [1.807, 2.05) is 19.1 Å². The molecule has 0 heterocycles. The van der Waals surface area contributed by atoms with Gasteiger partial charge in [0.2, 0.25) is 0 Å². The van der Waals surface area contributed by atoms with Crippen molar-refractivity contribution in [3.8, 4) is 5.75 Å². The molecule has 106 valence electrons. The Balaban J connectivity index is 2.17. The highest BCUT2D eigenvalue weighted by atomic mass is 79.9. The molecule has 0 bridgehead atoms. The van der Waals surface area contributed by atoms with Gasteiger partial charge >= 0.3 is 0 Å². The maximum Gasteiger partial charge on any atom is 0.138 e. The van der Waals surface area contributed by atoms with E-state index in [0.29, 0.717) is 13.2 Å². The minimum Gasteiger partial charge on any atom is -0.492 e. The fraction of sp³-hybridized carbons (Fsp3) is 0.200. The molecule has 2 aromatic rings. The van der Waals surface area contributed by atoms with Gasteiger partial charge < -0.3 is 10.1 Å². The summed E-state index contributed by atoms with van der Waals surface area (Å²) in [6.07, 6.45) is 0. The highest BCUT2D eigenvalue weighted by molar-refractivity contribution is 9.11. The Morgan fingerprint density at radius 3 is 2.50 bits per heavy atom. The first-order valence-corrected chi connectivity index (χ1v) is 7.79. The third kappa shape index (κ3) is 3.96. The van der Waals surface area contributed by atoms with Gasteiger partial charge in [0, 0.05) is 22.3 Å². The molecule has 0 atom stereocenters. The van der Waals surface area contributed by atoms with Crippen molar-refractivity contribution in [3.63, 3.8) is 0 Å². The summed E-state index contributed by atoms with van der Waals surface area (Å²) in [6, 6.07) is 10.2. The molecule has 2 rings (SSSR count). The lowest BCUT2D eigenvalue weighted by Gasteiger charge is -2.14. The Morgan fingerprint density at radius 2 is 1.85 bits per heavy atom. The maximum atomic E-state index is 12.9. The summed E-state index contributed by atoms with van der Waals surface area (Å²) in [6.45, 7) is 3.15. The molecule has 2 aromatic carbocycles. The molecule has 0 radical (unpaired) electrons. The Kier molecular flexibility index (Phi) is 5.43. The van der Waals surface area contributed by atoms with E-state index in [1.54, 1.807) is 12.1 Å². The molecule has 0 fully saturated rings.